The number of aliphatic hydroxyl groups is 1. The third-order valence-corrected chi connectivity index (χ3v) is 3.15. The third kappa shape index (κ3) is 3.38. The summed E-state index contributed by atoms with van der Waals surface area (Å²) < 4.78 is 11.1. The second kappa shape index (κ2) is 5.93. The van der Waals surface area contributed by atoms with Crippen LogP contribution in [0.15, 0.2) is 18.2 Å². The van der Waals surface area contributed by atoms with Crippen LogP contribution in [0.3, 0.4) is 0 Å². The molecule has 2 unspecified atom stereocenters. The fourth-order valence-electron chi connectivity index (χ4n) is 2.08. The van der Waals surface area contributed by atoms with Crippen molar-refractivity contribution in [2.45, 2.75) is 25.9 Å². The lowest BCUT2D eigenvalue weighted by Gasteiger charge is -2.18. The van der Waals surface area contributed by atoms with E-state index in [1.807, 2.05) is 0 Å². The van der Waals surface area contributed by atoms with Crippen LogP contribution in [0.2, 0.25) is 0 Å². The van der Waals surface area contributed by atoms with Gasteiger partial charge in [-0.05, 0) is 23.6 Å². The molecule has 2 atom stereocenters. The molecule has 1 heterocycles. The van der Waals surface area contributed by atoms with E-state index in [2.05, 4.69) is 0 Å². The molecule has 0 saturated carbocycles. The number of aliphatic hydroxyl groups excluding tert-OH is 1. The molecule has 19 heavy (non-hydrogen) atoms. The number of carboxylic acids is 1. The number of ether oxygens (including phenoxy) is 2. The molecule has 0 amide bonds. The highest BCUT2D eigenvalue weighted by Gasteiger charge is 2.21. The molecule has 5 nitrogen and oxygen atoms in total. The minimum absolute atomic E-state index is 0.0738. The zero-order valence-corrected chi connectivity index (χ0v) is 10.8. The van der Waals surface area contributed by atoms with Gasteiger partial charge in [-0.15, -0.1) is 0 Å². The van der Waals surface area contributed by atoms with Crippen molar-refractivity contribution >= 4 is 5.97 Å². The molecular weight excluding hydrogens is 248 g/mol. The number of fused-ring (bicyclic) bond motifs is 1. The summed E-state index contributed by atoms with van der Waals surface area (Å²) in [5.41, 5.74) is 0.651. The summed E-state index contributed by atoms with van der Waals surface area (Å²) in [6, 6.07) is 5.23. The van der Waals surface area contributed by atoms with Gasteiger partial charge in [-0.25, -0.2) is 0 Å². The van der Waals surface area contributed by atoms with Gasteiger partial charge in [-0.2, -0.15) is 0 Å². The van der Waals surface area contributed by atoms with E-state index in [0.29, 0.717) is 30.3 Å². The molecule has 1 aromatic rings. The van der Waals surface area contributed by atoms with E-state index in [4.69, 9.17) is 14.6 Å². The molecular formula is C14H18O5. The van der Waals surface area contributed by atoms with Gasteiger partial charge in [0.1, 0.15) is 0 Å². The lowest BCUT2D eigenvalue weighted by atomic mass is 9.94. The molecule has 0 spiro atoms. The van der Waals surface area contributed by atoms with E-state index in [0.717, 1.165) is 6.42 Å². The van der Waals surface area contributed by atoms with E-state index in [-0.39, 0.29) is 12.3 Å². The monoisotopic (exact) mass is 266 g/mol. The maximum atomic E-state index is 10.7. The van der Waals surface area contributed by atoms with E-state index in [1.165, 1.54) is 0 Å². The van der Waals surface area contributed by atoms with E-state index >= 15 is 0 Å². The second-order valence-electron chi connectivity index (χ2n) is 4.78. The molecule has 0 aromatic heterocycles. The van der Waals surface area contributed by atoms with Crippen LogP contribution in [-0.2, 0) is 4.79 Å². The first-order chi connectivity index (χ1) is 9.08. The Morgan fingerprint density at radius 3 is 2.68 bits per heavy atom. The van der Waals surface area contributed by atoms with Crippen molar-refractivity contribution in [3.63, 3.8) is 0 Å². The summed E-state index contributed by atoms with van der Waals surface area (Å²) in [7, 11) is 0. The van der Waals surface area contributed by atoms with E-state index < -0.39 is 12.1 Å². The van der Waals surface area contributed by atoms with Crippen molar-refractivity contribution in [1.82, 2.24) is 0 Å². The predicted octanol–water partition coefficient (Wildman–Crippen LogP) is 1.99. The summed E-state index contributed by atoms with van der Waals surface area (Å²) in [5.74, 6) is -0.000877. The molecule has 1 aliphatic heterocycles. The highest BCUT2D eigenvalue weighted by Crippen LogP contribution is 2.34. The number of hydrogen-bond donors (Lipinski definition) is 2. The van der Waals surface area contributed by atoms with Gasteiger partial charge in [0, 0.05) is 6.42 Å². The van der Waals surface area contributed by atoms with E-state index in [1.54, 1.807) is 25.1 Å². The first kappa shape index (κ1) is 13.7. The fraction of sp³-hybridized carbons (Fsp3) is 0.500. The quantitative estimate of drug-likeness (QED) is 0.871. The zero-order chi connectivity index (χ0) is 13.8. The van der Waals surface area contributed by atoms with Crippen molar-refractivity contribution in [2.75, 3.05) is 13.2 Å². The van der Waals surface area contributed by atoms with E-state index in [9.17, 15) is 9.90 Å². The summed E-state index contributed by atoms with van der Waals surface area (Å²) in [5, 5.41) is 18.9. The minimum atomic E-state index is -0.916. The van der Waals surface area contributed by atoms with Gasteiger partial charge in [0.05, 0.1) is 25.7 Å². The molecule has 2 rings (SSSR count). The average molecular weight is 266 g/mol. The molecule has 1 aromatic carbocycles. The van der Waals surface area contributed by atoms with Gasteiger partial charge < -0.3 is 19.7 Å². The van der Waals surface area contributed by atoms with Crippen LogP contribution >= 0.6 is 0 Å². The lowest BCUT2D eigenvalue weighted by Crippen LogP contribution is -2.13. The maximum absolute atomic E-state index is 10.7. The number of benzene rings is 1. The van der Waals surface area contributed by atoms with Crippen LogP contribution in [0.4, 0.5) is 0 Å². The molecule has 5 heteroatoms. The van der Waals surface area contributed by atoms with Crippen molar-refractivity contribution < 1.29 is 24.5 Å². The van der Waals surface area contributed by atoms with Gasteiger partial charge in [0.15, 0.2) is 11.5 Å². The Kier molecular flexibility index (Phi) is 4.27. The fourth-order valence-corrected chi connectivity index (χ4v) is 2.08. The molecule has 0 saturated heterocycles. The van der Waals surface area contributed by atoms with Crippen molar-refractivity contribution in [1.29, 1.82) is 0 Å². The van der Waals surface area contributed by atoms with Gasteiger partial charge in [-0.1, -0.05) is 13.0 Å². The van der Waals surface area contributed by atoms with Gasteiger partial charge >= 0.3 is 5.97 Å². The third-order valence-electron chi connectivity index (χ3n) is 3.15. The molecule has 0 bridgehead atoms. The van der Waals surface area contributed by atoms with Crippen LogP contribution in [0.1, 0.15) is 31.4 Å². The first-order valence-electron chi connectivity index (χ1n) is 6.37. The topological polar surface area (TPSA) is 76.0 Å². The predicted molar refractivity (Wildman–Crippen MR) is 68.4 cm³/mol. The number of hydrogen-bond acceptors (Lipinski definition) is 4. The first-order valence-corrected chi connectivity index (χ1v) is 6.37. The number of rotatable bonds is 4. The summed E-state index contributed by atoms with van der Waals surface area (Å²) in [6.07, 6.45) is -0.0781. The highest BCUT2D eigenvalue weighted by atomic mass is 16.5. The van der Waals surface area contributed by atoms with Crippen LogP contribution in [0, 0.1) is 5.92 Å². The Hall–Kier alpha value is -1.75. The Morgan fingerprint density at radius 1 is 1.32 bits per heavy atom. The van der Waals surface area contributed by atoms with Gasteiger partial charge in [0.25, 0.3) is 0 Å². The zero-order valence-electron chi connectivity index (χ0n) is 10.8. The molecule has 0 aliphatic carbocycles. The summed E-state index contributed by atoms with van der Waals surface area (Å²) >= 11 is 0. The number of carboxylic acid groups (broad SMARTS) is 1. The summed E-state index contributed by atoms with van der Waals surface area (Å²) in [6.45, 7) is 2.91. The molecule has 0 fully saturated rings. The molecule has 104 valence electrons. The lowest BCUT2D eigenvalue weighted by molar-refractivity contribution is -0.139. The molecule has 0 radical (unpaired) electrons. The second-order valence-corrected chi connectivity index (χ2v) is 4.78. The molecule has 1 aliphatic rings. The maximum Gasteiger partial charge on any atom is 0.303 e. The van der Waals surface area contributed by atoms with Gasteiger partial charge in [0.2, 0.25) is 0 Å². The van der Waals surface area contributed by atoms with Crippen molar-refractivity contribution in [3.8, 4) is 11.5 Å². The van der Waals surface area contributed by atoms with Crippen molar-refractivity contribution in [2.24, 2.45) is 5.92 Å². The Balaban J connectivity index is 2.16. The van der Waals surface area contributed by atoms with Crippen LogP contribution < -0.4 is 9.47 Å². The Bertz CT molecular complexity index is 457. The average Bonchev–Trinajstić information content (AvgIpc) is 2.61. The standard InChI is InChI=1S/C14H18O5/c1-9(7-13(15)16)14(17)10-3-4-11-12(8-10)19-6-2-5-18-11/h3-4,8-9,14,17H,2,5-7H2,1H3,(H,15,16). The van der Waals surface area contributed by atoms with Crippen LogP contribution in [0.25, 0.3) is 0 Å². The van der Waals surface area contributed by atoms with Crippen LogP contribution in [-0.4, -0.2) is 29.4 Å². The number of carbonyl (C=O) groups is 1. The largest absolute Gasteiger partial charge is 0.490 e. The van der Waals surface area contributed by atoms with Gasteiger partial charge in [-0.3, -0.25) is 4.79 Å². The molecule has 2 N–H and O–H groups in total. The number of aliphatic carboxylic acids is 1. The minimum Gasteiger partial charge on any atom is -0.490 e. The summed E-state index contributed by atoms with van der Waals surface area (Å²) in [4.78, 5) is 10.7. The Morgan fingerprint density at radius 2 is 2.00 bits per heavy atom. The van der Waals surface area contributed by atoms with Crippen molar-refractivity contribution in [3.05, 3.63) is 23.8 Å². The SMILES string of the molecule is CC(CC(=O)O)C(O)c1ccc2c(c1)OCCCO2. The normalized spacial score (nSPS) is 17.4. The smallest absolute Gasteiger partial charge is 0.303 e. The highest BCUT2D eigenvalue weighted by molar-refractivity contribution is 5.67. The van der Waals surface area contributed by atoms with Crippen LogP contribution in [0.5, 0.6) is 11.5 Å². The Labute approximate surface area is 111 Å².